The van der Waals surface area contributed by atoms with Crippen LogP contribution in [0.25, 0.3) is 11.0 Å². The number of aliphatic carboxylic acids is 1. The Kier molecular flexibility index (Phi) is 3.94. The van der Waals surface area contributed by atoms with Crippen LogP contribution in [0.5, 0.6) is 0 Å². The van der Waals surface area contributed by atoms with Gasteiger partial charge in [-0.1, -0.05) is 13.0 Å². The number of nitrogens with zero attached hydrogens (tertiary/aromatic N) is 1. The molecule has 1 unspecified atom stereocenters. The molecule has 3 N–H and O–H groups in total. The van der Waals surface area contributed by atoms with Gasteiger partial charge in [0.1, 0.15) is 0 Å². The molecule has 0 bridgehead atoms. The molecule has 2 aromatic rings. The van der Waals surface area contributed by atoms with Gasteiger partial charge >= 0.3 is 5.97 Å². The predicted molar refractivity (Wildman–Crippen MR) is 69.5 cm³/mol. The van der Waals surface area contributed by atoms with E-state index < -0.39 is 5.97 Å². The van der Waals surface area contributed by atoms with Gasteiger partial charge in [-0.05, 0) is 30.7 Å². The molecule has 0 aliphatic heterocycles. The van der Waals surface area contributed by atoms with Crippen LogP contribution in [0, 0.1) is 5.92 Å². The SMILES string of the molecule is CC(CNCCc1ccc2nc[nH]c2c1)C(=O)O. The lowest BCUT2D eigenvalue weighted by atomic mass is 10.1. The lowest BCUT2D eigenvalue weighted by molar-refractivity contribution is -0.140. The second-order valence-corrected chi connectivity index (χ2v) is 4.45. The molecule has 1 aromatic carbocycles. The Hall–Kier alpha value is -1.88. The summed E-state index contributed by atoms with van der Waals surface area (Å²) < 4.78 is 0. The van der Waals surface area contributed by atoms with Crippen molar-refractivity contribution in [2.45, 2.75) is 13.3 Å². The van der Waals surface area contributed by atoms with Crippen molar-refractivity contribution in [2.75, 3.05) is 13.1 Å². The van der Waals surface area contributed by atoms with Gasteiger partial charge in [0.25, 0.3) is 0 Å². The summed E-state index contributed by atoms with van der Waals surface area (Å²) in [7, 11) is 0. The van der Waals surface area contributed by atoms with E-state index in [4.69, 9.17) is 5.11 Å². The molecule has 5 nitrogen and oxygen atoms in total. The molecule has 96 valence electrons. The number of hydrogen-bond acceptors (Lipinski definition) is 3. The average molecular weight is 247 g/mol. The zero-order valence-electron chi connectivity index (χ0n) is 10.3. The first-order valence-electron chi connectivity index (χ1n) is 6.02. The summed E-state index contributed by atoms with van der Waals surface area (Å²) in [6.07, 6.45) is 2.56. The van der Waals surface area contributed by atoms with Gasteiger partial charge in [0, 0.05) is 6.54 Å². The summed E-state index contributed by atoms with van der Waals surface area (Å²) in [5.74, 6) is -1.11. The Morgan fingerprint density at radius 1 is 1.56 bits per heavy atom. The Labute approximate surface area is 105 Å². The van der Waals surface area contributed by atoms with Crippen LogP contribution in [0.2, 0.25) is 0 Å². The summed E-state index contributed by atoms with van der Waals surface area (Å²) in [4.78, 5) is 17.9. The largest absolute Gasteiger partial charge is 0.481 e. The van der Waals surface area contributed by atoms with Crippen LogP contribution >= 0.6 is 0 Å². The lowest BCUT2D eigenvalue weighted by Gasteiger charge is -2.08. The Bertz CT molecular complexity index is 536. The van der Waals surface area contributed by atoms with Crippen LogP contribution < -0.4 is 5.32 Å². The van der Waals surface area contributed by atoms with Gasteiger partial charge in [0.2, 0.25) is 0 Å². The Balaban J connectivity index is 1.81. The van der Waals surface area contributed by atoms with Crippen molar-refractivity contribution in [3.05, 3.63) is 30.1 Å². The fourth-order valence-corrected chi connectivity index (χ4v) is 1.78. The van der Waals surface area contributed by atoms with Gasteiger partial charge in [0.05, 0.1) is 23.3 Å². The van der Waals surface area contributed by atoms with Crippen molar-refractivity contribution in [1.82, 2.24) is 15.3 Å². The molecule has 0 aliphatic rings. The number of carboxylic acids is 1. The molecule has 0 fully saturated rings. The Morgan fingerprint density at radius 3 is 3.17 bits per heavy atom. The first-order valence-corrected chi connectivity index (χ1v) is 6.02. The molecule has 0 saturated heterocycles. The molecule has 0 saturated carbocycles. The minimum Gasteiger partial charge on any atom is -0.481 e. The van der Waals surface area contributed by atoms with Crippen LogP contribution in [0.4, 0.5) is 0 Å². The summed E-state index contributed by atoms with van der Waals surface area (Å²) in [5.41, 5.74) is 3.21. The van der Waals surface area contributed by atoms with Gasteiger partial charge in [-0.15, -0.1) is 0 Å². The molecule has 1 heterocycles. The van der Waals surface area contributed by atoms with Gasteiger partial charge in [0.15, 0.2) is 0 Å². The quantitative estimate of drug-likeness (QED) is 0.674. The maximum absolute atomic E-state index is 10.6. The molecule has 5 heteroatoms. The highest BCUT2D eigenvalue weighted by Crippen LogP contribution is 2.11. The van der Waals surface area contributed by atoms with E-state index in [9.17, 15) is 4.79 Å². The number of aromatic nitrogens is 2. The maximum atomic E-state index is 10.6. The molecule has 1 atom stereocenters. The first-order chi connectivity index (χ1) is 8.66. The average Bonchev–Trinajstić information content (AvgIpc) is 2.81. The van der Waals surface area contributed by atoms with Crippen molar-refractivity contribution in [2.24, 2.45) is 5.92 Å². The van der Waals surface area contributed by atoms with Crippen molar-refractivity contribution < 1.29 is 9.90 Å². The third-order valence-electron chi connectivity index (χ3n) is 2.95. The van der Waals surface area contributed by atoms with E-state index in [1.165, 1.54) is 5.56 Å². The molecular weight excluding hydrogens is 230 g/mol. The van der Waals surface area contributed by atoms with E-state index in [1.54, 1.807) is 13.3 Å². The van der Waals surface area contributed by atoms with E-state index in [2.05, 4.69) is 21.4 Å². The zero-order valence-corrected chi connectivity index (χ0v) is 10.3. The van der Waals surface area contributed by atoms with Gasteiger partial charge < -0.3 is 15.4 Å². The monoisotopic (exact) mass is 247 g/mol. The lowest BCUT2D eigenvalue weighted by Crippen LogP contribution is -2.27. The second-order valence-electron chi connectivity index (χ2n) is 4.45. The molecule has 1 aromatic heterocycles. The number of benzene rings is 1. The minimum atomic E-state index is -0.763. The number of nitrogens with one attached hydrogen (secondary N) is 2. The highest BCUT2D eigenvalue weighted by Gasteiger charge is 2.09. The number of rotatable bonds is 6. The number of H-pyrrole nitrogens is 1. The molecule has 0 radical (unpaired) electrons. The molecule has 18 heavy (non-hydrogen) atoms. The number of hydrogen-bond donors (Lipinski definition) is 3. The molecular formula is C13H17N3O2. The predicted octanol–water partition coefficient (Wildman–Crippen LogP) is 1.42. The normalized spacial score (nSPS) is 12.7. The smallest absolute Gasteiger partial charge is 0.307 e. The van der Waals surface area contributed by atoms with Crippen molar-refractivity contribution in [1.29, 1.82) is 0 Å². The van der Waals surface area contributed by atoms with E-state index in [-0.39, 0.29) is 5.92 Å². The van der Waals surface area contributed by atoms with Crippen molar-refractivity contribution in [3.8, 4) is 0 Å². The molecule has 0 amide bonds. The summed E-state index contributed by atoms with van der Waals surface area (Å²) in [6, 6.07) is 6.11. The van der Waals surface area contributed by atoms with Crippen LogP contribution in [0.15, 0.2) is 24.5 Å². The second kappa shape index (κ2) is 5.64. The van der Waals surface area contributed by atoms with E-state index in [0.717, 1.165) is 24.0 Å². The summed E-state index contributed by atoms with van der Waals surface area (Å²) >= 11 is 0. The van der Waals surface area contributed by atoms with E-state index in [1.807, 2.05) is 12.1 Å². The van der Waals surface area contributed by atoms with Crippen molar-refractivity contribution in [3.63, 3.8) is 0 Å². The van der Waals surface area contributed by atoms with Crippen LogP contribution in [-0.4, -0.2) is 34.1 Å². The summed E-state index contributed by atoms with van der Waals surface area (Å²) in [6.45, 7) is 2.98. The fraction of sp³-hybridized carbons (Fsp3) is 0.385. The van der Waals surface area contributed by atoms with E-state index >= 15 is 0 Å². The molecule has 0 aliphatic carbocycles. The third-order valence-corrected chi connectivity index (χ3v) is 2.95. The number of carbonyl (C=O) groups is 1. The van der Waals surface area contributed by atoms with Crippen LogP contribution in [0.1, 0.15) is 12.5 Å². The zero-order chi connectivity index (χ0) is 13.0. The van der Waals surface area contributed by atoms with E-state index in [0.29, 0.717) is 6.54 Å². The number of fused-ring (bicyclic) bond motifs is 1. The number of imidazole rings is 1. The highest BCUT2D eigenvalue weighted by atomic mass is 16.4. The van der Waals surface area contributed by atoms with Gasteiger partial charge in [-0.2, -0.15) is 0 Å². The topological polar surface area (TPSA) is 78.0 Å². The first kappa shape index (κ1) is 12.6. The third kappa shape index (κ3) is 3.07. The number of aromatic amines is 1. The highest BCUT2D eigenvalue weighted by molar-refractivity contribution is 5.75. The number of carboxylic acid groups (broad SMARTS) is 1. The Morgan fingerprint density at radius 2 is 2.39 bits per heavy atom. The maximum Gasteiger partial charge on any atom is 0.307 e. The van der Waals surface area contributed by atoms with Crippen LogP contribution in [-0.2, 0) is 11.2 Å². The van der Waals surface area contributed by atoms with Gasteiger partial charge in [-0.25, -0.2) is 4.98 Å². The minimum absolute atomic E-state index is 0.347. The van der Waals surface area contributed by atoms with Crippen LogP contribution in [0.3, 0.4) is 0 Å². The summed E-state index contributed by atoms with van der Waals surface area (Å²) in [5, 5.41) is 11.9. The van der Waals surface area contributed by atoms with Crippen molar-refractivity contribution >= 4 is 17.0 Å². The molecule has 0 spiro atoms. The molecule has 2 rings (SSSR count). The fourth-order valence-electron chi connectivity index (χ4n) is 1.78. The van der Waals surface area contributed by atoms with Gasteiger partial charge in [-0.3, -0.25) is 4.79 Å². The standard InChI is InChI=1S/C13H17N3O2/c1-9(13(17)18)7-14-5-4-10-2-3-11-12(6-10)16-8-15-11/h2-3,6,8-9,14H,4-5,7H2,1H3,(H,15,16)(H,17,18).